The molecule has 30 heavy (non-hydrogen) atoms. The molecule has 0 saturated carbocycles. The number of carbonyl (C=O) groups excluding carboxylic acids is 1. The highest BCUT2D eigenvalue weighted by Gasteiger charge is 2.32. The van der Waals surface area contributed by atoms with Gasteiger partial charge in [-0.1, -0.05) is 12.1 Å². The fourth-order valence-corrected chi connectivity index (χ4v) is 3.00. The number of benzene rings is 2. The minimum absolute atomic E-state index is 0.140. The van der Waals surface area contributed by atoms with Crippen molar-refractivity contribution in [3.63, 3.8) is 0 Å². The minimum Gasteiger partial charge on any atom is -0.410 e. The topological polar surface area (TPSA) is 64.6 Å². The molecule has 154 valence electrons. The number of alkyl halides is 3. The van der Waals surface area contributed by atoms with E-state index in [1.165, 1.54) is 11.0 Å². The standard InChI is InChI=1S/C20H13F4N3O3/c21-15-9-13(3-5-17(15)30-20(22,23)24)12-2-4-16-14(8-12)10-27(19(28)29-16)11-18-25-6-1-7-26-18/h1-9H,10-11H2. The zero-order chi connectivity index (χ0) is 21.3. The largest absolute Gasteiger partial charge is 0.573 e. The Kier molecular flexibility index (Phi) is 4.98. The van der Waals surface area contributed by atoms with E-state index in [1.807, 2.05) is 0 Å². The van der Waals surface area contributed by atoms with Crippen LogP contribution in [0.4, 0.5) is 22.4 Å². The Labute approximate surface area is 167 Å². The number of rotatable bonds is 4. The maximum Gasteiger partial charge on any atom is 0.573 e. The van der Waals surface area contributed by atoms with Crippen LogP contribution < -0.4 is 9.47 Å². The molecule has 3 aromatic rings. The number of halogens is 4. The summed E-state index contributed by atoms with van der Waals surface area (Å²) in [5, 5.41) is 0. The van der Waals surface area contributed by atoms with Crippen molar-refractivity contribution in [3.05, 3.63) is 72.1 Å². The molecular weight excluding hydrogens is 406 g/mol. The van der Waals surface area contributed by atoms with Crippen LogP contribution in [0.2, 0.25) is 0 Å². The lowest BCUT2D eigenvalue weighted by molar-refractivity contribution is -0.275. The summed E-state index contributed by atoms with van der Waals surface area (Å²) >= 11 is 0. The molecule has 0 N–H and O–H groups in total. The second-order valence-electron chi connectivity index (χ2n) is 6.40. The second-order valence-corrected chi connectivity index (χ2v) is 6.40. The van der Waals surface area contributed by atoms with E-state index >= 15 is 0 Å². The number of hydrogen-bond donors (Lipinski definition) is 0. The van der Waals surface area contributed by atoms with Crippen molar-refractivity contribution in [2.45, 2.75) is 19.5 Å². The first kappa shape index (κ1) is 19.6. The lowest BCUT2D eigenvalue weighted by atomic mass is 10.0. The average Bonchev–Trinajstić information content (AvgIpc) is 2.70. The van der Waals surface area contributed by atoms with Gasteiger partial charge >= 0.3 is 12.5 Å². The van der Waals surface area contributed by atoms with E-state index in [-0.39, 0.29) is 13.1 Å². The van der Waals surface area contributed by atoms with Crippen LogP contribution in [0.1, 0.15) is 11.4 Å². The van der Waals surface area contributed by atoms with E-state index in [0.29, 0.717) is 28.3 Å². The smallest absolute Gasteiger partial charge is 0.410 e. The van der Waals surface area contributed by atoms with Crippen LogP contribution in [0.25, 0.3) is 11.1 Å². The van der Waals surface area contributed by atoms with Crippen molar-refractivity contribution in [3.8, 4) is 22.6 Å². The fraction of sp³-hybridized carbons (Fsp3) is 0.150. The van der Waals surface area contributed by atoms with Crippen LogP contribution in [0.3, 0.4) is 0 Å². The van der Waals surface area contributed by atoms with Gasteiger partial charge in [-0.3, -0.25) is 4.90 Å². The predicted molar refractivity (Wildman–Crippen MR) is 95.8 cm³/mol. The summed E-state index contributed by atoms with van der Waals surface area (Å²) in [5.74, 6) is -1.26. The maximum atomic E-state index is 14.0. The summed E-state index contributed by atoms with van der Waals surface area (Å²) in [6.07, 6.45) is -2.42. The van der Waals surface area contributed by atoms with Gasteiger partial charge < -0.3 is 9.47 Å². The number of carbonyl (C=O) groups is 1. The number of fused-ring (bicyclic) bond motifs is 1. The summed E-state index contributed by atoms with van der Waals surface area (Å²) in [7, 11) is 0. The Morgan fingerprint density at radius 1 is 1.07 bits per heavy atom. The molecule has 0 atom stereocenters. The van der Waals surface area contributed by atoms with Gasteiger partial charge in [0.15, 0.2) is 11.6 Å². The Bertz CT molecular complexity index is 1090. The molecule has 1 aromatic heterocycles. The normalized spacial score (nSPS) is 13.6. The number of amides is 1. The van der Waals surface area contributed by atoms with Gasteiger partial charge in [-0.05, 0) is 41.5 Å². The molecule has 6 nitrogen and oxygen atoms in total. The molecule has 0 unspecified atom stereocenters. The third kappa shape index (κ3) is 4.32. The van der Waals surface area contributed by atoms with E-state index in [4.69, 9.17) is 4.74 Å². The molecule has 2 aromatic carbocycles. The van der Waals surface area contributed by atoms with Crippen LogP contribution in [0.15, 0.2) is 54.9 Å². The third-order valence-electron chi connectivity index (χ3n) is 4.32. The fourth-order valence-electron chi connectivity index (χ4n) is 3.00. The van der Waals surface area contributed by atoms with Crippen LogP contribution in [0.5, 0.6) is 11.5 Å². The van der Waals surface area contributed by atoms with Crippen molar-refractivity contribution in [2.24, 2.45) is 0 Å². The Morgan fingerprint density at radius 3 is 2.47 bits per heavy atom. The maximum absolute atomic E-state index is 14.0. The summed E-state index contributed by atoms with van der Waals surface area (Å²) in [4.78, 5) is 21.8. The molecule has 0 radical (unpaired) electrons. The molecule has 0 fully saturated rings. The average molecular weight is 419 g/mol. The molecular formula is C20H13F4N3O3. The minimum atomic E-state index is -4.98. The van der Waals surface area contributed by atoms with Crippen molar-refractivity contribution >= 4 is 6.09 Å². The van der Waals surface area contributed by atoms with Crippen LogP contribution >= 0.6 is 0 Å². The van der Waals surface area contributed by atoms with Crippen LogP contribution in [0, 0.1) is 5.82 Å². The van der Waals surface area contributed by atoms with Crippen LogP contribution in [-0.2, 0) is 13.1 Å². The van der Waals surface area contributed by atoms with Gasteiger partial charge in [-0.2, -0.15) is 0 Å². The van der Waals surface area contributed by atoms with Crippen molar-refractivity contribution in [1.29, 1.82) is 0 Å². The second kappa shape index (κ2) is 7.62. The van der Waals surface area contributed by atoms with Gasteiger partial charge in [0.05, 0.1) is 13.1 Å². The lowest BCUT2D eigenvalue weighted by Crippen LogP contribution is -2.36. The van der Waals surface area contributed by atoms with Gasteiger partial charge in [0.25, 0.3) is 0 Å². The first-order chi connectivity index (χ1) is 14.3. The van der Waals surface area contributed by atoms with Gasteiger partial charge in [0.1, 0.15) is 11.6 Å². The highest BCUT2D eigenvalue weighted by molar-refractivity contribution is 5.75. The molecule has 0 spiro atoms. The van der Waals surface area contributed by atoms with Gasteiger partial charge in [-0.15, -0.1) is 13.2 Å². The zero-order valence-corrected chi connectivity index (χ0v) is 15.2. The third-order valence-corrected chi connectivity index (χ3v) is 4.32. The van der Waals surface area contributed by atoms with E-state index in [0.717, 1.165) is 12.1 Å². The molecule has 0 aliphatic carbocycles. The first-order valence-electron chi connectivity index (χ1n) is 8.70. The number of ether oxygens (including phenoxy) is 2. The molecule has 1 amide bonds. The molecule has 10 heteroatoms. The lowest BCUT2D eigenvalue weighted by Gasteiger charge is -2.27. The first-order valence-corrected chi connectivity index (χ1v) is 8.70. The van der Waals surface area contributed by atoms with Gasteiger partial charge in [0, 0.05) is 18.0 Å². The molecule has 0 bridgehead atoms. The molecule has 4 rings (SSSR count). The van der Waals surface area contributed by atoms with Crippen molar-refractivity contribution < 1.29 is 31.8 Å². The van der Waals surface area contributed by atoms with Crippen LogP contribution in [-0.4, -0.2) is 27.3 Å². The predicted octanol–water partition coefficient (Wildman–Crippen LogP) is 4.70. The van der Waals surface area contributed by atoms with E-state index < -0.39 is 24.0 Å². The Morgan fingerprint density at radius 2 is 1.77 bits per heavy atom. The van der Waals surface area contributed by atoms with Crippen molar-refractivity contribution in [1.82, 2.24) is 14.9 Å². The number of hydrogen-bond acceptors (Lipinski definition) is 5. The quantitative estimate of drug-likeness (QED) is 0.574. The van der Waals surface area contributed by atoms with Gasteiger partial charge in [0.2, 0.25) is 0 Å². The summed E-state index contributed by atoms with van der Waals surface area (Å²) in [6, 6.07) is 9.65. The SMILES string of the molecule is O=C1Oc2ccc(-c3ccc(OC(F)(F)F)c(F)c3)cc2CN1Cc1ncccn1. The molecule has 0 saturated heterocycles. The highest BCUT2D eigenvalue weighted by Crippen LogP contribution is 2.34. The number of nitrogens with zero attached hydrogens (tertiary/aromatic N) is 3. The zero-order valence-electron chi connectivity index (χ0n) is 15.2. The highest BCUT2D eigenvalue weighted by atomic mass is 19.4. The molecule has 2 heterocycles. The van der Waals surface area contributed by atoms with E-state index in [1.54, 1.807) is 36.7 Å². The number of aromatic nitrogens is 2. The van der Waals surface area contributed by atoms with E-state index in [2.05, 4.69) is 14.7 Å². The summed E-state index contributed by atoms with van der Waals surface area (Å²) in [6.45, 7) is 0.347. The Hall–Kier alpha value is -3.69. The van der Waals surface area contributed by atoms with Gasteiger partial charge in [-0.25, -0.2) is 19.2 Å². The molecule has 1 aliphatic rings. The van der Waals surface area contributed by atoms with E-state index in [9.17, 15) is 22.4 Å². The summed E-state index contributed by atoms with van der Waals surface area (Å²) in [5.41, 5.74) is 1.54. The molecule has 1 aliphatic heterocycles. The summed E-state index contributed by atoms with van der Waals surface area (Å²) < 4.78 is 59.9. The monoisotopic (exact) mass is 419 g/mol. The van der Waals surface area contributed by atoms with Crippen molar-refractivity contribution in [2.75, 3.05) is 0 Å². The Balaban J connectivity index is 1.58.